The highest BCUT2D eigenvalue weighted by atomic mass is 16.3. The van der Waals surface area contributed by atoms with Gasteiger partial charge in [-0.1, -0.05) is 18.2 Å². The van der Waals surface area contributed by atoms with Gasteiger partial charge in [-0.05, 0) is 38.6 Å². The molecular weight excluding hydrogens is 262 g/mol. The van der Waals surface area contributed by atoms with Crippen molar-refractivity contribution in [2.45, 2.75) is 12.8 Å². The van der Waals surface area contributed by atoms with Gasteiger partial charge in [0, 0.05) is 37.3 Å². The summed E-state index contributed by atoms with van der Waals surface area (Å²) >= 11 is 0. The topological polar surface area (TPSA) is 39.6 Å². The lowest BCUT2D eigenvalue weighted by Gasteiger charge is -2.32. The molecule has 3 rings (SSSR count). The summed E-state index contributed by atoms with van der Waals surface area (Å²) in [6, 6.07) is 9.66. The van der Waals surface area contributed by atoms with Crippen LogP contribution in [-0.4, -0.2) is 59.7 Å². The van der Waals surface area contributed by atoms with Gasteiger partial charge in [-0.3, -0.25) is 0 Å². The van der Waals surface area contributed by atoms with Crippen LogP contribution in [-0.2, 0) is 6.42 Å². The largest absolute Gasteiger partial charge is 0.506 e. The van der Waals surface area contributed by atoms with E-state index in [0.717, 1.165) is 36.0 Å². The molecule has 21 heavy (non-hydrogen) atoms. The maximum Gasteiger partial charge on any atom is 0.141 e. The Bertz CT molecular complexity index is 606. The van der Waals surface area contributed by atoms with Crippen molar-refractivity contribution >= 4 is 10.9 Å². The summed E-state index contributed by atoms with van der Waals surface area (Å²) in [6.45, 7) is 5.81. The molecule has 0 aliphatic carbocycles. The van der Waals surface area contributed by atoms with Crippen molar-refractivity contribution in [2.24, 2.45) is 0 Å². The molecule has 0 radical (unpaired) electrons. The third-order valence-electron chi connectivity index (χ3n) is 4.26. The van der Waals surface area contributed by atoms with Crippen molar-refractivity contribution < 1.29 is 5.11 Å². The van der Waals surface area contributed by atoms with Gasteiger partial charge in [0.1, 0.15) is 11.3 Å². The average molecular weight is 285 g/mol. The summed E-state index contributed by atoms with van der Waals surface area (Å²) in [5.74, 6) is 0.272. The van der Waals surface area contributed by atoms with Crippen LogP contribution in [0.25, 0.3) is 10.9 Å². The molecule has 2 heterocycles. The van der Waals surface area contributed by atoms with E-state index >= 15 is 0 Å². The predicted octanol–water partition coefficient (Wildman–Crippen LogP) is 2.12. The van der Waals surface area contributed by atoms with E-state index < -0.39 is 0 Å². The van der Waals surface area contributed by atoms with Gasteiger partial charge in [0.15, 0.2) is 0 Å². The number of rotatable bonds is 4. The molecule has 1 fully saturated rings. The molecule has 0 spiro atoms. The van der Waals surface area contributed by atoms with E-state index in [4.69, 9.17) is 0 Å². The Morgan fingerprint density at radius 2 is 1.90 bits per heavy atom. The van der Waals surface area contributed by atoms with Crippen LogP contribution in [0.4, 0.5) is 0 Å². The number of para-hydroxylation sites is 1. The van der Waals surface area contributed by atoms with Gasteiger partial charge in [-0.15, -0.1) is 0 Å². The number of hydrogen-bond acceptors (Lipinski definition) is 4. The van der Waals surface area contributed by atoms with Gasteiger partial charge in [0.2, 0.25) is 0 Å². The third-order valence-corrected chi connectivity index (χ3v) is 4.26. The van der Waals surface area contributed by atoms with E-state index in [1.165, 1.54) is 26.2 Å². The minimum Gasteiger partial charge on any atom is -0.506 e. The van der Waals surface area contributed by atoms with E-state index in [1.54, 1.807) is 6.07 Å². The summed E-state index contributed by atoms with van der Waals surface area (Å²) in [6.07, 6.45) is 2.09. The lowest BCUT2D eigenvalue weighted by molar-refractivity contribution is 0.153. The molecule has 1 saturated heterocycles. The first kappa shape index (κ1) is 14.3. The molecule has 0 bridgehead atoms. The fourth-order valence-corrected chi connectivity index (χ4v) is 2.87. The van der Waals surface area contributed by atoms with Crippen LogP contribution in [0.3, 0.4) is 0 Å². The molecule has 0 saturated carbocycles. The zero-order valence-electron chi connectivity index (χ0n) is 12.6. The Labute approximate surface area is 126 Å². The summed E-state index contributed by atoms with van der Waals surface area (Å²) in [4.78, 5) is 9.50. The van der Waals surface area contributed by atoms with Crippen molar-refractivity contribution in [1.29, 1.82) is 0 Å². The lowest BCUT2D eigenvalue weighted by atomic mass is 10.1. The molecule has 1 aromatic carbocycles. The Kier molecular flexibility index (Phi) is 4.36. The van der Waals surface area contributed by atoms with Crippen molar-refractivity contribution in [2.75, 3.05) is 39.8 Å². The number of pyridine rings is 1. The van der Waals surface area contributed by atoms with Crippen LogP contribution in [0.1, 0.15) is 12.1 Å². The minimum absolute atomic E-state index is 0.272. The maximum atomic E-state index is 9.87. The smallest absolute Gasteiger partial charge is 0.141 e. The molecular formula is C17H23N3O. The van der Waals surface area contributed by atoms with Gasteiger partial charge in [0.25, 0.3) is 0 Å². The average Bonchev–Trinajstić information content (AvgIpc) is 2.50. The maximum absolute atomic E-state index is 9.87. The second kappa shape index (κ2) is 6.41. The molecule has 4 nitrogen and oxygen atoms in total. The monoisotopic (exact) mass is 285 g/mol. The third kappa shape index (κ3) is 3.52. The SMILES string of the molecule is CN1CCN(CCCc2ccc3cccc(O)c3n2)CC1. The van der Waals surface area contributed by atoms with Crippen LogP contribution in [0.5, 0.6) is 5.75 Å². The number of piperazine rings is 1. The van der Waals surface area contributed by atoms with E-state index in [9.17, 15) is 5.11 Å². The number of fused-ring (bicyclic) bond motifs is 1. The number of benzene rings is 1. The van der Waals surface area contributed by atoms with Crippen molar-refractivity contribution in [1.82, 2.24) is 14.8 Å². The van der Waals surface area contributed by atoms with Crippen molar-refractivity contribution in [3.63, 3.8) is 0 Å². The van der Waals surface area contributed by atoms with Gasteiger partial charge in [0.05, 0.1) is 0 Å². The summed E-state index contributed by atoms with van der Waals surface area (Å²) in [5, 5.41) is 10.9. The highest BCUT2D eigenvalue weighted by Gasteiger charge is 2.13. The minimum atomic E-state index is 0.272. The Balaban J connectivity index is 1.57. The number of aromatic nitrogens is 1. The van der Waals surface area contributed by atoms with E-state index in [0.29, 0.717) is 0 Å². The van der Waals surface area contributed by atoms with Crippen LogP contribution >= 0.6 is 0 Å². The molecule has 2 aromatic rings. The van der Waals surface area contributed by atoms with Gasteiger partial charge in [-0.25, -0.2) is 4.98 Å². The summed E-state index contributed by atoms with van der Waals surface area (Å²) in [7, 11) is 2.18. The normalized spacial score (nSPS) is 17.4. The number of aromatic hydroxyl groups is 1. The number of nitrogens with zero attached hydrogens (tertiary/aromatic N) is 3. The zero-order valence-corrected chi connectivity index (χ0v) is 12.6. The van der Waals surface area contributed by atoms with Crippen molar-refractivity contribution in [3.05, 3.63) is 36.0 Å². The second-order valence-electron chi connectivity index (χ2n) is 5.90. The Morgan fingerprint density at radius 1 is 1.10 bits per heavy atom. The second-order valence-corrected chi connectivity index (χ2v) is 5.90. The Hall–Kier alpha value is -1.65. The highest BCUT2D eigenvalue weighted by Crippen LogP contribution is 2.22. The van der Waals surface area contributed by atoms with Gasteiger partial charge >= 0.3 is 0 Å². The van der Waals surface area contributed by atoms with Crippen LogP contribution in [0.15, 0.2) is 30.3 Å². The number of phenolic OH excluding ortho intramolecular Hbond substituents is 1. The number of hydrogen-bond donors (Lipinski definition) is 1. The standard InChI is InChI=1S/C17H23N3O/c1-19-10-12-20(13-11-19)9-3-5-15-8-7-14-4-2-6-16(21)17(14)18-15/h2,4,6-8,21H,3,5,9-13H2,1H3. The van der Waals surface area contributed by atoms with Crippen molar-refractivity contribution in [3.8, 4) is 5.75 Å². The molecule has 1 aromatic heterocycles. The van der Waals surface area contributed by atoms with E-state index in [-0.39, 0.29) is 5.75 Å². The molecule has 112 valence electrons. The van der Waals surface area contributed by atoms with E-state index in [1.807, 2.05) is 18.2 Å². The number of aryl methyl sites for hydroxylation is 1. The number of phenols is 1. The fraction of sp³-hybridized carbons (Fsp3) is 0.471. The molecule has 0 atom stereocenters. The summed E-state index contributed by atoms with van der Waals surface area (Å²) in [5.41, 5.74) is 1.78. The lowest BCUT2D eigenvalue weighted by Crippen LogP contribution is -2.44. The van der Waals surface area contributed by atoms with E-state index in [2.05, 4.69) is 27.9 Å². The molecule has 4 heteroatoms. The number of likely N-dealkylation sites (N-methyl/N-ethyl adjacent to an activating group) is 1. The van der Waals surface area contributed by atoms with Gasteiger partial charge < -0.3 is 14.9 Å². The first-order valence-electron chi connectivity index (χ1n) is 7.71. The molecule has 0 amide bonds. The Morgan fingerprint density at radius 3 is 2.71 bits per heavy atom. The quantitative estimate of drug-likeness (QED) is 0.934. The fourth-order valence-electron chi connectivity index (χ4n) is 2.87. The first-order chi connectivity index (χ1) is 10.2. The highest BCUT2D eigenvalue weighted by molar-refractivity contribution is 5.84. The van der Waals surface area contributed by atoms with Crippen LogP contribution in [0.2, 0.25) is 0 Å². The predicted molar refractivity (Wildman–Crippen MR) is 85.7 cm³/mol. The molecule has 1 aliphatic rings. The summed E-state index contributed by atoms with van der Waals surface area (Å²) < 4.78 is 0. The molecule has 1 aliphatic heterocycles. The zero-order chi connectivity index (χ0) is 14.7. The van der Waals surface area contributed by atoms with Crippen LogP contribution < -0.4 is 0 Å². The molecule has 1 N–H and O–H groups in total. The first-order valence-corrected chi connectivity index (χ1v) is 7.71. The van der Waals surface area contributed by atoms with Crippen LogP contribution in [0, 0.1) is 0 Å². The van der Waals surface area contributed by atoms with Gasteiger partial charge in [-0.2, -0.15) is 0 Å². The molecule has 0 unspecified atom stereocenters.